The predicted molar refractivity (Wildman–Crippen MR) is 67.5 cm³/mol. The van der Waals surface area contributed by atoms with Gasteiger partial charge in [0, 0.05) is 26.6 Å². The zero-order valence-electron chi connectivity index (χ0n) is 10.2. The Morgan fingerprint density at radius 3 is 2.35 bits per heavy atom. The number of anilines is 1. The molecule has 1 aromatic carbocycles. The maximum absolute atomic E-state index is 11.1. The molecule has 0 atom stereocenters. The van der Waals surface area contributed by atoms with Crippen molar-refractivity contribution in [2.45, 2.75) is 6.92 Å². The number of hydrogen-bond donors (Lipinski definition) is 4. The molecule has 0 fully saturated rings. The van der Waals surface area contributed by atoms with E-state index in [9.17, 15) is 4.79 Å². The Labute approximate surface area is 100 Å². The minimum Gasteiger partial charge on any atom is -0.326 e. The summed E-state index contributed by atoms with van der Waals surface area (Å²) in [6.07, 6.45) is 0. The van der Waals surface area contributed by atoms with Gasteiger partial charge in [0.1, 0.15) is 0 Å². The second kappa shape index (κ2) is 5.97. The minimum absolute atomic E-state index is 0.161. The van der Waals surface area contributed by atoms with Crippen LogP contribution in [-0.4, -0.2) is 31.0 Å². The molecule has 6 nitrogen and oxygen atoms in total. The van der Waals surface area contributed by atoms with Crippen LogP contribution < -0.4 is 16.2 Å². The maximum Gasteiger partial charge on any atom is 0.221 e. The first-order valence-corrected chi connectivity index (χ1v) is 5.20. The minimum atomic E-state index is -0.161. The van der Waals surface area contributed by atoms with Crippen LogP contribution in [0.3, 0.4) is 0 Å². The van der Waals surface area contributed by atoms with Gasteiger partial charge in [-0.05, 0) is 12.1 Å². The predicted octanol–water partition coefficient (Wildman–Crippen LogP) is 0.541. The van der Waals surface area contributed by atoms with Crippen LogP contribution in [0.25, 0.3) is 0 Å². The molecule has 0 spiro atoms. The normalized spacial score (nSPS) is 9.82. The van der Waals surface area contributed by atoms with Gasteiger partial charge < -0.3 is 5.32 Å². The highest BCUT2D eigenvalue weighted by molar-refractivity contribution is 6.04. The van der Waals surface area contributed by atoms with Crippen molar-refractivity contribution in [1.82, 2.24) is 16.0 Å². The van der Waals surface area contributed by atoms with Gasteiger partial charge in [-0.25, -0.2) is 16.0 Å². The van der Waals surface area contributed by atoms with Gasteiger partial charge in [0.15, 0.2) is 5.84 Å². The summed E-state index contributed by atoms with van der Waals surface area (Å²) in [6.45, 7) is 1.44. The highest BCUT2D eigenvalue weighted by Crippen LogP contribution is 2.15. The summed E-state index contributed by atoms with van der Waals surface area (Å²) in [5, 5.41) is 12.2. The fraction of sp³-hybridized carbons (Fsp3) is 0.273. The number of amidine groups is 1. The summed E-state index contributed by atoms with van der Waals surface area (Å²) in [4.78, 5) is 11.1. The smallest absolute Gasteiger partial charge is 0.221 e. The Balaban J connectivity index is 3.03. The Morgan fingerprint density at radius 2 is 1.82 bits per heavy atom. The van der Waals surface area contributed by atoms with E-state index in [1.807, 2.05) is 12.1 Å². The van der Waals surface area contributed by atoms with E-state index in [-0.39, 0.29) is 11.7 Å². The van der Waals surface area contributed by atoms with Crippen LogP contribution >= 0.6 is 0 Å². The van der Waals surface area contributed by atoms with Gasteiger partial charge in [-0.2, -0.15) is 0 Å². The van der Waals surface area contributed by atoms with Crippen molar-refractivity contribution in [3.63, 3.8) is 0 Å². The second-order valence-corrected chi connectivity index (χ2v) is 3.36. The molecule has 0 aliphatic rings. The number of carbonyl (C=O) groups is 1. The molecule has 0 saturated carbocycles. The number of carbonyl (C=O) groups excluding carboxylic acids is 1. The molecule has 1 rings (SSSR count). The molecule has 0 radical (unpaired) electrons. The molecule has 4 N–H and O–H groups in total. The molecule has 0 saturated heterocycles. The Morgan fingerprint density at radius 1 is 1.24 bits per heavy atom. The van der Waals surface area contributed by atoms with Crippen LogP contribution in [0.2, 0.25) is 0 Å². The van der Waals surface area contributed by atoms with Crippen LogP contribution in [0.1, 0.15) is 12.5 Å². The maximum atomic E-state index is 11.1. The number of para-hydroxylation sites is 1. The van der Waals surface area contributed by atoms with E-state index >= 15 is 0 Å². The summed E-state index contributed by atoms with van der Waals surface area (Å²) >= 11 is 0. The van der Waals surface area contributed by atoms with Crippen LogP contribution in [0.4, 0.5) is 5.69 Å². The lowest BCUT2D eigenvalue weighted by atomic mass is 10.1. The van der Waals surface area contributed by atoms with Crippen molar-refractivity contribution in [2.24, 2.45) is 0 Å². The number of benzene rings is 1. The largest absolute Gasteiger partial charge is 0.326 e. The highest BCUT2D eigenvalue weighted by Gasteiger charge is 2.13. The molecule has 0 aromatic heterocycles. The zero-order valence-corrected chi connectivity index (χ0v) is 10.2. The molecule has 1 amide bonds. The monoisotopic (exact) mass is 235 g/mol. The average Bonchev–Trinajstić information content (AvgIpc) is 2.30. The van der Waals surface area contributed by atoms with Crippen LogP contribution in [0.15, 0.2) is 24.3 Å². The fourth-order valence-electron chi connectivity index (χ4n) is 1.44. The van der Waals surface area contributed by atoms with Crippen LogP contribution in [0, 0.1) is 5.41 Å². The van der Waals surface area contributed by atoms with Crippen LogP contribution in [-0.2, 0) is 4.79 Å². The number of hydrogen-bond acceptors (Lipinski definition) is 4. The number of nitrogens with zero attached hydrogens (tertiary/aromatic N) is 1. The topological polar surface area (TPSA) is 80.2 Å². The molecule has 0 heterocycles. The van der Waals surface area contributed by atoms with E-state index in [2.05, 4.69) is 16.2 Å². The molecular weight excluding hydrogens is 218 g/mol. The second-order valence-electron chi connectivity index (χ2n) is 3.36. The van der Waals surface area contributed by atoms with Crippen LogP contribution in [0.5, 0.6) is 0 Å². The summed E-state index contributed by atoms with van der Waals surface area (Å²) in [6, 6.07) is 7.16. The molecule has 6 heteroatoms. The van der Waals surface area contributed by atoms with E-state index in [0.29, 0.717) is 11.3 Å². The molecule has 17 heavy (non-hydrogen) atoms. The Hall–Kier alpha value is -1.92. The van der Waals surface area contributed by atoms with Gasteiger partial charge in [-0.1, -0.05) is 12.1 Å². The van der Waals surface area contributed by atoms with Crippen molar-refractivity contribution in [1.29, 1.82) is 5.41 Å². The first kappa shape index (κ1) is 13.1. The van der Waals surface area contributed by atoms with E-state index in [0.717, 1.165) is 0 Å². The molecule has 0 unspecified atom stereocenters. The van der Waals surface area contributed by atoms with Gasteiger partial charge in [-0.3, -0.25) is 10.2 Å². The standard InChI is InChI=1S/C11H17N5O/c1-8(17)15-10-7-5-4-6-9(10)11(12)16(13-2)14-3/h4-7,12-14H,1-3H3,(H,15,17). The van der Waals surface area contributed by atoms with Crippen molar-refractivity contribution in [2.75, 3.05) is 19.4 Å². The average molecular weight is 235 g/mol. The molecular formula is C11H17N5O. The first-order chi connectivity index (χ1) is 8.10. The van der Waals surface area contributed by atoms with E-state index in [1.54, 1.807) is 26.2 Å². The third kappa shape index (κ3) is 3.27. The number of nitrogens with one attached hydrogen (secondary N) is 4. The Bertz CT molecular complexity index is 414. The molecule has 0 aliphatic heterocycles. The molecule has 0 bridgehead atoms. The van der Waals surface area contributed by atoms with Gasteiger partial charge in [0.05, 0.1) is 5.69 Å². The van der Waals surface area contributed by atoms with Crippen molar-refractivity contribution < 1.29 is 4.79 Å². The zero-order chi connectivity index (χ0) is 12.8. The summed E-state index contributed by atoms with van der Waals surface area (Å²) in [5.41, 5.74) is 6.87. The van der Waals surface area contributed by atoms with Gasteiger partial charge in [0.2, 0.25) is 5.91 Å². The molecule has 0 aliphatic carbocycles. The van der Waals surface area contributed by atoms with Crippen molar-refractivity contribution in [3.8, 4) is 0 Å². The summed E-state index contributed by atoms with van der Waals surface area (Å²) in [5.74, 6) is 0.0602. The lowest BCUT2D eigenvalue weighted by Gasteiger charge is -2.23. The molecule has 92 valence electrons. The SMILES string of the molecule is CNN(NC)C(=N)c1ccccc1NC(C)=O. The lowest BCUT2D eigenvalue weighted by Crippen LogP contribution is -2.48. The fourth-order valence-corrected chi connectivity index (χ4v) is 1.44. The van der Waals surface area contributed by atoms with Crippen molar-refractivity contribution >= 4 is 17.4 Å². The summed E-state index contributed by atoms with van der Waals surface area (Å²) < 4.78 is 0. The van der Waals surface area contributed by atoms with Gasteiger partial charge in [-0.15, -0.1) is 0 Å². The van der Waals surface area contributed by atoms with E-state index in [4.69, 9.17) is 5.41 Å². The van der Waals surface area contributed by atoms with Gasteiger partial charge in [0.25, 0.3) is 0 Å². The third-order valence-corrected chi connectivity index (χ3v) is 2.16. The highest BCUT2D eigenvalue weighted by atomic mass is 16.1. The lowest BCUT2D eigenvalue weighted by molar-refractivity contribution is -0.114. The summed E-state index contributed by atoms with van der Waals surface area (Å²) in [7, 11) is 3.40. The third-order valence-electron chi connectivity index (χ3n) is 2.16. The van der Waals surface area contributed by atoms with E-state index < -0.39 is 0 Å². The van der Waals surface area contributed by atoms with Crippen molar-refractivity contribution in [3.05, 3.63) is 29.8 Å². The Kier molecular flexibility index (Phi) is 4.62. The van der Waals surface area contributed by atoms with Gasteiger partial charge >= 0.3 is 0 Å². The first-order valence-electron chi connectivity index (χ1n) is 5.20. The quantitative estimate of drug-likeness (QED) is 0.349. The van der Waals surface area contributed by atoms with E-state index in [1.165, 1.54) is 12.0 Å². The molecule has 1 aromatic rings. The number of hydrazine groups is 2. The number of amides is 1. The number of rotatable bonds is 4.